The van der Waals surface area contributed by atoms with Gasteiger partial charge in [0.05, 0.1) is 5.88 Å². The van der Waals surface area contributed by atoms with Gasteiger partial charge in [-0.15, -0.1) is 11.6 Å². The highest BCUT2D eigenvalue weighted by Crippen LogP contribution is 1.77. The molecule has 0 spiro atoms. The summed E-state index contributed by atoms with van der Waals surface area (Å²) in [4.78, 5) is 9.92. The highest BCUT2D eigenvalue weighted by atomic mass is 35.5. The Balaban J connectivity index is 0. The fourth-order valence-electron chi connectivity index (χ4n) is 0.182. The smallest absolute Gasteiger partial charge is 0.302 e. The molecule has 0 N–H and O–H groups in total. The molecule has 0 saturated carbocycles. The molecule has 0 aliphatic rings. The molecule has 0 aliphatic carbocycles. The molecule has 0 fully saturated rings. The summed E-state index contributed by atoms with van der Waals surface area (Å²) in [6.45, 7) is 1.67. The van der Waals surface area contributed by atoms with E-state index in [1.54, 1.807) is 0 Å². The van der Waals surface area contributed by atoms with Gasteiger partial charge in [0.25, 0.3) is 0 Å². The second-order valence-electron chi connectivity index (χ2n) is 1.03. The SMILES string of the molecule is CC(=O)OCCCl.[AlH3]. The molecule has 0 radical (unpaired) electrons. The van der Waals surface area contributed by atoms with E-state index in [4.69, 9.17) is 11.6 Å². The van der Waals surface area contributed by atoms with Crippen molar-refractivity contribution >= 4 is 34.9 Å². The monoisotopic (exact) mass is 152 g/mol. The van der Waals surface area contributed by atoms with E-state index in [0.29, 0.717) is 12.5 Å². The average Bonchev–Trinajstić information content (AvgIpc) is 1.61. The van der Waals surface area contributed by atoms with Crippen molar-refractivity contribution in [3.05, 3.63) is 0 Å². The lowest BCUT2D eigenvalue weighted by molar-refractivity contribution is -0.140. The summed E-state index contributed by atoms with van der Waals surface area (Å²) in [5.74, 6) is 0.0974. The van der Waals surface area contributed by atoms with Crippen LogP contribution in [-0.4, -0.2) is 35.8 Å². The molecule has 2 nitrogen and oxygen atoms in total. The number of carbonyl (C=O) groups excluding carboxylic acids is 1. The van der Waals surface area contributed by atoms with Gasteiger partial charge in [-0.3, -0.25) is 4.79 Å². The molecule has 4 heteroatoms. The molecular formula is C4H10AlClO2. The summed E-state index contributed by atoms with van der Waals surface area (Å²) in [5.41, 5.74) is 0. The van der Waals surface area contributed by atoms with Crippen molar-refractivity contribution in [1.82, 2.24) is 0 Å². The van der Waals surface area contributed by atoms with Crippen LogP contribution < -0.4 is 0 Å². The Morgan fingerprint density at radius 1 is 1.75 bits per heavy atom. The van der Waals surface area contributed by atoms with Gasteiger partial charge in [-0.2, -0.15) is 0 Å². The van der Waals surface area contributed by atoms with Crippen LogP contribution in [0.3, 0.4) is 0 Å². The van der Waals surface area contributed by atoms with E-state index in [1.165, 1.54) is 6.92 Å². The topological polar surface area (TPSA) is 26.3 Å². The quantitative estimate of drug-likeness (QED) is 0.306. The number of esters is 1. The van der Waals surface area contributed by atoms with Gasteiger partial charge in [0.2, 0.25) is 0 Å². The molecule has 0 rings (SSSR count). The standard InChI is InChI=1S/C4H7ClO2.Al.3H/c1-4(6)7-3-2-5;;;;/h2-3H2,1H3;;;;. The van der Waals surface area contributed by atoms with Gasteiger partial charge < -0.3 is 4.74 Å². The van der Waals surface area contributed by atoms with Crippen LogP contribution in [0.1, 0.15) is 6.92 Å². The maximum Gasteiger partial charge on any atom is 0.302 e. The first-order chi connectivity index (χ1) is 3.27. The highest BCUT2D eigenvalue weighted by Gasteiger charge is 1.86. The summed E-state index contributed by atoms with van der Waals surface area (Å²) in [5, 5.41) is 0. The predicted molar refractivity (Wildman–Crippen MR) is 37.3 cm³/mol. The Morgan fingerprint density at radius 3 is 2.38 bits per heavy atom. The van der Waals surface area contributed by atoms with Crippen LogP contribution >= 0.6 is 11.6 Å². The molecule has 8 heavy (non-hydrogen) atoms. The molecule has 0 aromatic heterocycles. The van der Waals surface area contributed by atoms with Gasteiger partial charge in [0, 0.05) is 6.92 Å². The van der Waals surface area contributed by atoms with Gasteiger partial charge in [0.15, 0.2) is 17.4 Å². The lowest BCUT2D eigenvalue weighted by atomic mass is 10.8. The third kappa shape index (κ3) is 9.57. The summed E-state index contributed by atoms with van der Waals surface area (Å²) < 4.78 is 4.42. The van der Waals surface area contributed by atoms with Gasteiger partial charge >= 0.3 is 5.97 Å². The number of carbonyl (C=O) groups is 1. The Hall–Kier alpha value is 0.292. The van der Waals surface area contributed by atoms with Crippen LogP contribution in [0.15, 0.2) is 0 Å². The molecule has 0 amide bonds. The number of halogens is 1. The highest BCUT2D eigenvalue weighted by molar-refractivity contribution is 6.18. The maximum atomic E-state index is 9.92. The normalized spacial score (nSPS) is 7.25. The van der Waals surface area contributed by atoms with E-state index >= 15 is 0 Å². The number of hydrogen-bond acceptors (Lipinski definition) is 2. The summed E-state index contributed by atoms with van der Waals surface area (Å²) in [7, 11) is 0. The van der Waals surface area contributed by atoms with Crippen LogP contribution in [0, 0.1) is 0 Å². The molecule has 0 aliphatic heterocycles. The fourth-order valence-corrected chi connectivity index (χ4v) is 0.259. The second kappa shape index (κ2) is 7.29. The van der Waals surface area contributed by atoms with Gasteiger partial charge in [-0.25, -0.2) is 0 Å². The number of ether oxygens (including phenoxy) is 1. The van der Waals surface area contributed by atoms with Crippen LogP contribution in [0.5, 0.6) is 0 Å². The third-order valence-corrected chi connectivity index (χ3v) is 0.537. The van der Waals surface area contributed by atoms with Crippen molar-refractivity contribution in [1.29, 1.82) is 0 Å². The van der Waals surface area contributed by atoms with Gasteiger partial charge in [-0.1, -0.05) is 0 Å². The van der Waals surface area contributed by atoms with E-state index < -0.39 is 0 Å². The molecule has 0 saturated heterocycles. The first kappa shape index (κ1) is 11.1. The Bertz CT molecular complexity index is 67.1. The minimum atomic E-state index is -0.277. The van der Waals surface area contributed by atoms with Crippen molar-refractivity contribution in [3.8, 4) is 0 Å². The van der Waals surface area contributed by atoms with Gasteiger partial charge in [0.1, 0.15) is 6.61 Å². The zero-order valence-corrected chi connectivity index (χ0v) is 4.86. The van der Waals surface area contributed by atoms with E-state index in [2.05, 4.69) is 4.74 Å². The van der Waals surface area contributed by atoms with E-state index in [0.717, 1.165) is 0 Å². The number of alkyl halides is 1. The zero-order valence-electron chi connectivity index (χ0n) is 4.11. The number of rotatable bonds is 2. The predicted octanol–water partition coefficient (Wildman–Crippen LogP) is -0.396. The van der Waals surface area contributed by atoms with Crippen LogP contribution in [-0.2, 0) is 9.53 Å². The third-order valence-electron chi connectivity index (χ3n) is 0.382. The van der Waals surface area contributed by atoms with Crippen LogP contribution in [0.25, 0.3) is 0 Å². The van der Waals surface area contributed by atoms with Crippen molar-refractivity contribution in [3.63, 3.8) is 0 Å². The van der Waals surface area contributed by atoms with Crippen molar-refractivity contribution in [2.24, 2.45) is 0 Å². The lowest BCUT2D eigenvalue weighted by Gasteiger charge is -1.92. The van der Waals surface area contributed by atoms with Gasteiger partial charge in [-0.05, 0) is 0 Å². The summed E-state index contributed by atoms with van der Waals surface area (Å²) in [6.07, 6.45) is 0. The maximum absolute atomic E-state index is 9.92. The zero-order chi connectivity index (χ0) is 5.70. The Labute approximate surface area is 64.3 Å². The van der Waals surface area contributed by atoms with E-state index in [-0.39, 0.29) is 23.3 Å². The first-order valence-corrected chi connectivity index (χ1v) is 2.50. The molecule has 48 valence electrons. The van der Waals surface area contributed by atoms with Crippen molar-refractivity contribution < 1.29 is 9.53 Å². The minimum absolute atomic E-state index is 0. The fraction of sp³-hybridized carbons (Fsp3) is 0.750. The second-order valence-corrected chi connectivity index (χ2v) is 1.41. The van der Waals surface area contributed by atoms with Crippen LogP contribution in [0.2, 0.25) is 0 Å². The van der Waals surface area contributed by atoms with E-state index in [9.17, 15) is 4.79 Å². The molecule has 0 unspecified atom stereocenters. The Kier molecular flexibility index (Phi) is 10.2. The molecule has 0 aromatic rings. The lowest BCUT2D eigenvalue weighted by Crippen LogP contribution is -2.00. The summed E-state index contributed by atoms with van der Waals surface area (Å²) >= 11 is 5.17. The van der Waals surface area contributed by atoms with Crippen molar-refractivity contribution in [2.75, 3.05) is 12.5 Å². The average molecular weight is 153 g/mol. The largest absolute Gasteiger partial charge is 0.465 e. The van der Waals surface area contributed by atoms with Crippen molar-refractivity contribution in [2.45, 2.75) is 6.92 Å². The molecule has 0 bridgehead atoms. The van der Waals surface area contributed by atoms with Crippen LogP contribution in [0.4, 0.5) is 0 Å². The first-order valence-electron chi connectivity index (χ1n) is 1.96. The van der Waals surface area contributed by atoms with E-state index in [1.807, 2.05) is 0 Å². The summed E-state index contributed by atoms with van der Waals surface area (Å²) in [6, 6.07) is 0. The molecular weight excluding hydrogens is 142 g/mol. The molecule has 0 atom stereocenters. The molecule has 0 aromatic carbocycles. The molecule has 0 heterocycles. The Morgan fingerprint density at radius 2 is 2.25 bits per heavy atom. The minimum Gasteiger partial charge on any atom is -0.465 e. The number of hydrogen-bond donors (Lipinski definition) is 0.